The lowest BCUT2D eigenvalue weighted by atomic mass is 10.2. The van der Waals surface area contributed by atoms with Gasteiger partial charge in [0.15, 0.2) is 0 Å². The molecule has 0 bridgehead atoms. The maximum absolute atomic E-state index is 11.0. The van der Waals surface area contributed by atoms with Crippen LogP contribution in [-0.4, -0.2) is 19.1 Å². The fourth-order valence-corrected chi connectivity index (χ4v) is 0.632. The Morgan fingerprint density at radius 2 is 2.33 bits per heavy atom. The molecule has 0 aliphatic carbocycles. The van der Waals surface area contributed by atoms with Gasteiger partial charge in [-0.05, 0) is 19.9 Å². The Morgan fingerprint density at radius 3 is 2.83 bits per heavy atom. The molecule has 3 heteroatoms. The van der Waals surface area contributed by atoms with Gasteiger partial charge in [0.05, 0.1) is 0 Å². The second-order valence-electron chi connectivity index (χ2n) is 2.35. The van der Waals surface area contributed by atoms with Gasteiger partial charge in [0.2, 0.25) is 0 Å². The smallest absolute Gasteiger partial charge is 0.333 e. The van der Waals surface area contributed by atoms with E-state index in [0.29, 0.717) is 18.5 Å². The van der Waals surface area contributed by atoms with Crippen molar-refractivity contribution in [2.75, 3.05) is 13.2 Å². The highest BCUT2D eigenvalue weighted by molar-refractivity contribution is 5.87. The van der Waals surface area contributed by atoms with Crippen molar-refractivity contribution < 1.29 is 9.53 Å². The summed E-state index contributed by atoms with van der Waals surface area (Å²) >= 11 is 0. The molecular formula is C9H15NO2. The largest absolute Gasteiger partial charge is 0.458 e. The minimum absolute atomic E-state index is 0.257. The van der Waals surface area contributed by atoms with E-state index in [-0.39, 0.29) is 12.6 Å². The number of hydrogen-bond donors (Lipinski definition) is 1. The Labute approximate surface area is 72.9 Å². The van der Waals surface area contributed by atoms with Crippen LogP contribution in [0.3, 0.4) is 0 Å². The maximum Gasteiger partial charge on any atom is 0.333 e. The molecule has 0 aromatic carbocycles. The van der Waals surface area contributed by atoms with Gasteiger partial charge in [0.25, 0.3) is 0 Å². The molecule has 0 fully saturated rings. The van der Waals surface area contributed by atoms with E-state index in [2.05, 4.69) is 6.58 Å². The molecular weight excluding hydrogens is 154 g/mol. The van der Waals surface area contributed by atoms with E-state index >= 15 is 0 Å². The van der Waals surface area contributed by atoms with Gasteiger partial charge in [-0.25, -0.2) is 4.79 Å². The van der Waals surface area contributed by atoms with Crippen LogP contribution in [0.15, 0.2) is 24.3 Å². The van der Waals surface area contributed by atoms with Crippen LogP contribution in [0, 0.1) is 0 Å². The number of esters is 1. The van der Waals surface area contributed by atoms with E-state index in [0.717, 1.165) is 0 Å². The third-order valence-corrected chi connectivity index (χ3v) is 1.27. The normalized spacial score (nSPS) is 11.0. The van der Waals surface area contributed by atoms with Gasteiger partial charge in [-0.2, -0.15) is 0 Å². The molecule has 3 nitrogen and oxygen atoms in total. The number of hydrogen-bond acceptors (Lipinski definition) is 3. The fraction of sp³-hybridized carbons (Fsp3) is 0.444. The zero-order valence-corrected chi connectivity index (χ0v) is 7.38. The second-order valence-corrected chi connectivity index (χ2v) is 2.35. The first-order chi connectivity index (χ1) is 5.72. The maximum atomic E-state index is 11.0. The number of carbonyl (C=O) groups is 1. The highest BCUT2D eigenvalue weighted by Crippen LogP contribution is 1.97. The lowest BCUT2D eigenvalue weighted by molar-refractivity contribution is -0.137. The Kier molecular flexibility index (Phi) is 6.01. The van der Waals surface area contributed by atoms with Crippen LogP contribution in [0.5, 0.6) is 0 Å². The minimum Gasteiger partial charge on any atom is -0.458 e. The summed E-state index contributed by atoms with van der Waals surface area (Å²) in [4.78, 5) is 11.0. The van der Waals surface area contributed by atoms with Crippen molar-refractivity contribution in [2.24, 2.45) is 5.73 Å². The first kappa shape index (κ1) is 10.9. The van der Waals surface area contributed by atoms with E-state index in [1.807, 2.05) is 0 Å². The van der Waals surface area contributed by atoms with Crippen molar-refractivity contribution in [3.8, 4) is 0 Å². The summed E-state index contributed by atoms with van der Waals surface area (Å²) in [6.45, 7) is 5.95. The molecule has 0 aromatic heterocycles. The third kappa shape index (κ3) is 4.68. The highest BCUT2D eigenvalue weighted by atomic mass is 16.5. The van der Waals surface area contributed by atoms with Crippen LogP contribution in [0.25, 0.3) is 0 Å². The SMILES string of the molecule is C=CCOC(=O)C(C)=CCCN. The first-order valence-corrected chi connectivity index (χ1v) is 3.87. The third-order valence-electron chi connectivity index (χ3n) is 1.27. The average molecular weight is 169 g/mol. The molecule has 0 unspecified atom stereocenters. The topological polar surface area (TPSA) is 52.3 Å². The van der Waals surface area contributed by atoms with E-state index < -0.39 is 0 Å². The molecule has 0 heterocycles. The van der Waals surface area contributed by atoms with Gasteiger partial charge in [-0.15, -0.1) is 0 Å². The quantitative estimate of drug-likeness (QED) is 0.379. The van der Waals surface area contributed by atoms with Crippen molar-refractivity contribution in [1.29, 1.82) is 0 Å². The van der Waals surface area contributed by atoms with E-state index in [4.69, 9.17) is 10.5 Å². The van der Waals surface area contributed by atoms with Crippen LogP contribution in [0.1, 0.15) is 13.3 Å². The molecule has 2 N–H and O–H groups in total. The monoisotopic (exact) mass is 169 g/mol. The van der Waals surface area contributed by atoms with Crippen molar-refractivity contribution in [3.63, 3.8) is 0 Å². The molecule has 0 amide bonds. The molecule has 0 radical (unpaired) electrons. The molecule has 0 saturated carbocycles. The zero-order chi connectivity index (χ0) is 9.40. The van der Waals surface area contributed by atoms with Gasteiger partial charge in [0.1, 0.15) is 6.61 Å². The van der Waals surface area contributed by atoms with Crippen LogP contribution in [0.2, 0.25) is 0 Å². The highest BCUT2D eigenvalue weighted by Gasteiger charge is 2.02. The summed E-state index contributed by atoms with van der Waals surface area (Å²) < 4.78 is 4.78. The van der Waals surface area contributed by atoms with Crippen LogP contribution < -0.4 is 5.73 Å². The van der Waals surface area contributed by atoms with E-state index in [1.54, 1.807) is 13.0 Å². The Hall–Kier alpha value is -1.09. The Balaban J connectivity index is 3.82. The lowest BCUT2D eigenvalue weighted by Gasteiger charge is -2.00. The van der Waals surface area contributed by atoms with Crippen LogP contribution >= 0.6 is 0 Å². The second kappa shape index (κ2) is 6.61. The van der Waals surface area contributed by atoms with E-state index in [9.17, 15) is 4.79 Å². The van der Waals surface area contributed by atoms with Crippen LogP contribution in [-0.2, 0) is 9.53 Å². The minimum atomic E-state index is -0.302. The predicted molar refractivity (Wildman–Crippen MR) is 48.6 cm³/mol. The number of rotatable bonds is 5. The summed E-state index contributed by atoms with van der Waals surface area (Å²) in [5.41, 5.74) is 5.86. The van der Waals surface area contributed by atoms with Crippen molar-refractivity contribution in [2.45, 2.75) is 13.3 Å². The summed E-state index contributed by atoms with van der Waals surface area (Å²) in [6.07, 6.45) is 4.01. The molecule has 0 saturated heterocycles. The summed E-state index contributed by atoms with van der Waals surface area (Å²) in [6, 6.07) is 0. The van der Waals surface area contributed by atoms with Crippen molar-refractivity contribution in [3.05, 3.63) is 24.3 Å². The van der Waals surface area contributed by atoms with Gasteiger partial charge >= 0.3 is 5.97 Å². The number of carbonyl (C=O) groups excluding carboxylic acids is 1. The molecule has 0 rings (SSSR count). The Bertz CT molecular complexity index is 185. The van der Waals surface area contributed by atoms with Gasteiger partial charge < -0.3 is 10.5 Å². The summed E-state index contributed by atoms with van der Waals surface area (Å²) in [5, 5.41) is 0. The van der Waals surface area contributed by atoms with Crippen molar-refractivity contribution in [1.82, 2.24) is 0 Å². The fourth-order valence-electron chi connectivity index (χ4n) is 0.632. The number of nitrogens with two attached hydrogens (primary N) is 1. The summed E-state index contributed by atoms with van der Waals surface area (Å²) in [5.74, 6) is -0.302. The number of ether oxygens (including phenoxy) is 1. The molecule has 0 aromatic rings. The molecule has 0 atom stereocenters. The van der Waals surface area contributed by atoms with Gasteiger partial charge in [-0.3, -0.25) is 0 Å². The predicted octanol–water partition coefficient (Wildman–Crippen LogP) is 1.01. The molecule has 0 aliphatic rings. The van der Waals surface area contributed by atoms with Gasteiger partial charge in [0, 0.05) is 5.57 Å². The van der Waals surface area contributed by atoms with Gasteiger partial charge in [-0.1, -0.05) is 18.7 Å². The summed E-state index contributed by atoms with van der Waals surface area (Å²) in [7, 11) is 0. The zero-order valence-electron chi connectivity index (χ0n) is 7.38. The Morgan fingerprint density at radius 1 is 1.67 bits per heavy atom. The lowest BCUT2D eigenvalue weighted by Crippen LogP contribution is -2.06. The van der Waals surface area contributed by atoms with E-state index in [1.165, 1.54) is 6.08 Å². The molecule has 0 spiro atoms. The van der Waals surface area contributed by atoms with Crippen molar-refractivity contribution >= 4 is 5.97 Å². The molecule has 0 aliphatic heterocycles. The standard InChI is InChI=1S/C9H15NO2/c1-3-7-12-9(11)8(2)5-4-6-10/h3,5H,1,4,6-7,10H2,2H3. The molecule has 12 heavy (non-hydrogen) atoms. The molecule has 68 valence electrons. The van der Waals surface area contributed by atoms with Crippen LogP contribution in [0.4, 0.5) is 0 Å². The first-order valence-electron chi connectivity index (χ1n) is 3.87. The average Bonchev–Trinajstić information content (AvgIpc) is 2.10.